The van der Waals surface area contributed by atoms with E-state index in [0.717, 1.165) is 16.8 Å². The van der Waals surface area contributed by atoms with Gasteiger partial charge in [-0.25, -0.2) is 0 Å². The minimum absolute atomic E-state index is 0.0440. The zero-order valence-electron chi connectivity index (χ0n) is 24.8. The van der Waals surface area contributed by atoms with Crippen LogP contribution in [-0.4, -0.2) is 36.6 Å². The van der Waals surface area contributed by atoms with Crippen molar-refractivity contribution in [2.45, 2.75) is 109 Å². The predicted octanol–water partition coefficient (Wildman–Crippen LogP) is 5.64. The van der Waals surface area contributed by atoms with E-state index in [1.165, 1.54) is 30.4 Å². The van der Waals surface area contributed by atoms with Crippen molar-refractivity contribution in [1.82, 2.24) is 0 Å². The van der Waals surface area contributed by atoms with Crippen LogP contribution < -0.4 is 10.9 Å². The fourth-order valence-corrected chi connectivity index (χ4v) is 7.65. The first-order valence-corrected chi connectivity index (χ1v) is 14.6. The van der Waals surface area contributed by atoms with Gasteiger partial charge >= 0.3 is 14.2 Å². The van der Waals surface area contributed by atoms with Crippen LogP contribution in [0.3, 0.4) is 0 Å². The molecule has 0 N–H and O–H groups in total. The molecule has 0 amide bonds. The van der Waals surface area contributed by atoms with Crippen molar-refractivity contribution >= 4 is 25.2 Å². The van der Waals surface area contributed by atoms with Gasteiger partial charge in [-0.2, -0.15) is 0 Å². The Labute approximate surface area is 230 Å². The Morgan fingerprint density at radius 2 is 0.947 bits per heavy atom. The molecular formula is C32H44B2O4. The lowest BCUT2D eigenvalue weighted by molar-refractivity contribution is 0.00578. The van der Waals surface area contributed by atoms with Gasteiger partial charge in [0.15, 0.2) is 0 Å². The average molecular weight is 514 g/mol. The quantitative estimate of drug-likeness (QED) is 0.496. The maximum absolute atomic E-state index is 6.34. The molecule has 3 atom stereocenters. The summed E-state index contributed by atoms with van der Waals surface area (Å²) < 4.78 is 25.4. The van der Waals surface area contributed by atoms with Crippen LogP contribution in [0.1, 0.15) is 92.7 Å². The first-order valence-electron chi connectivity index (χ1n) is 14.6. The zero-order chi connectivity index (χ0) is 27.3. The molecule has 2 aliphatic carbocycles. The molecule has 2 aromatic carbocycles. The molecule has 0 radical (unpaired) electrons. The SMILES string of the molecule is CC1CC2CCC1C2(c1ccc(B2OC(C)(C)C(C)(C)O2)cc1)c1ccc(B2OC(C)(C)C(C)(C)O2)cc1. The lowest BCUT2D eigenvalue weighted by Crippen LogP contribution is -2.41. The van der Waals surface area contributed by atoms with E-state index in [1.54, 1.807) is 0 Å². The summed E-state index contributed by atoms with van der Waals surface area (Å²) in [6, 6.07) is 18.4. The van der Waals surface area contributed by atoms with E-state index in [0.29, 0.717) is 11.8 Å². The van der Waals surface area contributed by atoms with Gasteiger partial charge in [-0.05, 0) is 114 Å². The van der Waals surface area contributed by atoms with Gasteiger partial charge in [0.1, 0.15) is 0 Å². The van der Waals surface area contributed by atoms with Gasteiger partial charge in [0.05, 0.1) is 22.4 Å². The summed E-state index contributed by atoms with van der Waals surface area (Å²) in [6.07, 6.45) is 3.89. The highest BCUT2D eigenvalue weighted by Gasteiger charge is 2.59. The van der Waals surface area contributed by atoms with Gasteiger partial charge in [0, 0.05) is 5.41 Å². The second-order valence-corrected chi connectivity index (χ2v) is 14.4. The highest BCUT2D eigenvalue weighted by atomic mass is 16.7. The van der Waals surface area contributed by atoms with Gasteiger partial charge < -0.3 is 18.6 Å². The minimum Gasteiger partial charge on any atom is -0.399 e. The Morgan fingerprint density at radius 1 is 0.579 bits per heavy atom. The largest absolute Gasteiger partial charge is 0.494 e. The summed E-state index contributed by atoms with van der Waals surface area (Å²) in [5.41, 5.74) is 3.74. The van der Waals surface area contributed by atoms with E-state index in [4.69, 9.17) is 18.6 Å². The van der Waals surface area contributed by atoms with E-state index in [1.807, 2.05) is 0 Å². The fourth-order valence-electron chi connectivity index (χ4n) is 7.65. The molecule has 4 fully saturated rings. The highest BCUT2D eigenvalue weighted by molar-refractivity contribution is 6.62. The van der Waals surface area contributed by atoms with Crippen LogP contribution in [0, 0.1) is 17.8 Å². The Bertz CT molecular complexity index is 1090. The Balaban J connectivity index is 1.33. The van der Waals surface area contributed by atoms with Crippen molar-refractivity contribution in [3.05, 3.63) is 59.7 Å². The summed E-state index contributed by atoms with van der Waals surface area (Å²) in [6.45, 7) is 19.4. The molecule has 0 aromatic heterocycles. The van der Waals surface area contributed by atoms with E-state index in [-0.39, 0.29) is 42.1 Å². The molecule has 4 aliphatic rings. The first-order chi connectivity index (χ1) is 17.7. The van der Waals surface area contributed by atoms with Crippen molar-refractivity contribution in [3.63, 3.8) is 0 Å². The monoisotopic (exact) mass is 514 g/mol. The van der Waals surface area contributed by atoms with E-state index >= 15 is 0 Å². The normalized spacial score (nSPS) is 31.8. The van der Waals surface area contributed by atoms with Crippen molar-refractivity contribution in [2.75, 3.05) is 0 Å². The topological polar surface area (TPSA) is 36.9 Å². The van der Waals surface area contributed by atoms with Crippen LogP contribution in [0.25, 0.3) is 0 Å². The van der Waals surface area contributed by atoms with Crippen molar-refractivity contribution < 1.29 is 18.6 Å². The number of benzene rings is 2. The van der Waals surface area contributed by atoms with Crippen LogP contribution in [0.5, 0.6) is 0 Å². The summed E-state index contributed by atoms with van der Waals surface area (Å²) in [5.74, 6) is 2.03. The van der Waals surface area contributed by atoms with Gasteiger partial charge in [0.25, 0.3) is 0 Å². The molecule has 2 aliphatic heterocycles. The second-order valence-electron chi connectivity index (χ2n) is 14.4. The molecule has 2 heterocycles. The predicted molar refractivity (Wildman–Crippen MR) is 155 cm³/mol. The third-order valence-electron chi connectivity index (χ3n) is 11.2. The number of rotatable bonds is 4. The number of hydrogen-bond acceptors (Lipinski definition) is 4. The van der Waals surface area contributed by atoms with Crippen LogP contribution >= 0.6 is 0 Å². The van der Waals surface area contributed by atoms with Crippen LogP contribution in [0.2, 0.25) is 0 Å². The molecule has 3 unspecified atom stereocenters. The summed E-state index contributed by atoms with van der Waals surface area (Å²) >= 11 is 0. The smallest absolute Gasteiger partial charge is 0.399 e. The lowest BCUT2D eigenvalue weighted by Gasteiger charge is -2.37. The maximum atomic E-state index is 6.34. The third-order valence-corrected chi connectivity index (χ3v) is 11.2. The van der Waals surface area contributed by atoms with E-state index in [9.17, 15) is 0 Å². The standard InChI is InChI=1S/C32H44B2O4/c1-21-20-24-14-19-27(21)32(24,22-10-15-25(16-11-22)33-35-28(2,3)29(4,5)36-33)23-12-17-26(18-13-23)34-37-30(6,7)31(8,9)38-34/h10-13,15-18,21,24,27H,14,19-20H2,1-9H3. The van der Waals surface area contributed by atoms with E-state index in [2.05, 4.69) is 111 Å². The second kappa shape index (κ2) is 8.46. The molecule has 38 heavy (non-hydrogen) atoms. The highest BCUT2D eigenvalue weighted by Crippen LogP contribution is 2.64. The summed E-state index contributed by atoms with van der Waals surface area (Å²) in [4.78, 5) is 0. The van der Waals surface area contributed by atoms with Crippen molar-refractivity contribution in [3.8, 4) is 0 Å². The fraction of sp³-hybridized carbons (Fsp3) is 0.625. The summed E-state index contributed by atoms with van der Waals surface area (Å²) in [7, 11) is -0.660. The average Bonchev–Trinajstić information content (AvgIpc) is 3.48. The maximum Gasteiger partial charge on any atom is 0.494 e. The van der Waals surface area contributed by atoms with E-state index < -0.39 is 0 Å². The molecule has 4 nitrogen and oxygen atoms in total. The molecule has 2 aromatic rings. The van der Waals surface area contributed by atoms with Crippen LogP contribution in [0.15, 0.2) is 48.5 Å². The molecular weight excluding hydrogens is 470 g/mol. The van der Waals surface area contributed by atoms with Gasteiger partial charge in [-0.3, -0.25) is 0 Å². The molecule has 2 saturated heterocycles. The van der Waals surface area contributed by atoms with Crippen LogP contribution in [-0.2, 0) is 24.0 Å². The third kappa shape index (κ3) is 3.73. The summed E-state index contributed by atoms with van der Waals surface area (Å²) in [5, 5.41) is 0. The Hall–Kier alpha value is -1.59. The number of fused-ring (bicyclic) bond motifs is 2. The molecule has 6 heteroatoms. The molecule has 2 bridgehead atoms. The van der Waals surface area contributed by atoms with Crippen molar-refractivity contribution in [1.29, 1.82) is 0 Å². The lowest BCUT2D eigenvalue weighted by atomic mass is 9.64. The van der Waals surface area contributed by atoms with Gasteiger partial charge in [-0.1, -0.05) is 55.5 Å². The minimum atomic E-state index is -0.337. The molecule has 0 spiro atoms. The molecule has 2 saturated carbocycles. The Kier molecular flexibility index (Phi) is 5.93. The Morgan fingerprint density at radius 3 is 1.24 bits per heavy atom. The van der Waals surface area contributed by atoms with Crippen LogP contribution in [0.4, 0.5) is 0 Å². The van der Waals surface area contributed by atoms with Gasteiger partial charge in [-0.15, -0.1) is 0 Å². The van der Waals surface area contributed by atoms with Gasteiger partial charge in [0.2, 0.25) is 0 Å². The first kappa shape index (κ1) is 26.6. The molecule has 6 rings (SSSR count). The number of hydrogen-bond donors (Lipinski definition) is 0. The molecule has 202 valence electrons. The van der Waals surface area contributed by atoms with Crippen molar-refractivity contribution in [2.24, 2.45) is 17.8 Å². The zero-order valence-corrected chi connectivity index (χ0v) is 24.8.